The molecule has 0 unspecified atom stereocenters. The fraction of sp³-hybridized carbons (Fsp3) is 0.500. The third-order valence-electron chi connectivity index (χ3n) is 3.10. The van der Waals surface area contributed by atoms with Crippen LogP contribution in [-0.2, 0) is 11.2 Å². The van der Waals surface area contributed by atoms with Crippen molar-refractivity contribution in [3.63, 3.8) is 0 Å². The van der Waals surface area contributed by atoms with Gasteiger partial charge in [0.25, 0.3) is 0 Å². The zero-order valence-electron chi connectivity index (χ0n) is 10.8. The standard InChI is InChI=1S/C14H19FN2OS/c15-13-3-1-11(2-4-13)5-6-17-14(18)10-19-9-12-7-16-8-12/h1-4,12,16H,5-10H2,(H,17,18). The highest BCUT2D eigenvalue weighted by atomic mass is 32.2. The first-order valence-electron chi connectivity index (χ1n) is 6.53. The molecule has 1 aliphatic rings. The van der Waals surface area contributed by atoms with E-state index in [0.29, 0.717) is 12.3 Å². The summed E-state index contributed by atoms with van der Waals surface area (Å²) in [6.07, 6.45) is 0.739. The van der Waals surface area contributed by atoms with E-state index in [1.807, 2.05) is 0 Å². The van der Waals surface area contributed by atoms with E-state index in [4.69, 9.17) is 0 Å². The van der Waals surface area contributed by atoms with Crippen LogP contribution < -0.4 is 10.6 Å². The lowest BCUT2D eigenvalue weighted by molar-refractivity contribution is -0.118. The normalized spacial score (nSPS) is 15.0. The third-order valence-corrected chi connectivity index (χ3v) is 4.28. The highest BCUT2D eigenvalue weighted by molar-refractivity contribution is 7.99. The molecule has 2 rings (SSSR count). The van der Waals surface area contributed by atoms with E-state index in [2.05, 4.69) is 10.6 Å². The Bertz CT molecular complexity index is 406. The number of nitrogens with one attached hydrogen (secondary N) is 2. The van der Waals surface area contributed by atoms with Crippen LogP contribution in [-0.4, -0.2) is 37.0 Å². The Hall–Kier alpha value is -1.07. The first kappa shape index (κ1) is 14.3. The number of amides is 1. The van der Waals surface area contributed by atoms with Crippen molar-refractivity contribution in [3.05, 3.63) is 35.6 Å². The summed E-state index contributed by atoms with van der Waals surface area (Å²) in [5.41, 5.74) is 1.04. The van der Waals surface area contributed by atoms with Crippen LogP contribution >= 0.6 is 11.8 Å². The minimum atomic E-state index is -0.227. The van der Waals surface area contributed by atoms with Crippen molar-refractivity contribution in [2.24, 2.45) is 5.92 Å². The Morgan fingerprint density at radius 2 is 2.11 bits per heavy atom. The average molecular weight is 282 g/mol. The van der Waals surface area contributed by atoms with Gasteiger partial charge in [0.1, 0.15) is 5.82 Å². The van der Waals surface area contributed by atoms with Gasteiger partial charge in [-0.3, -0.25) is 4.79 Å². The number of rotatable bonds is 7. The molecule has 1 fully saturated rings. The molecular weight excluding hydrogens is 263 g/mol. The van der Waals surface area contributed by atoms with Crippen molar-refractivity contribution in [1.29, 1.82) is 0 Å². The van der Waals surface area contributed by atoms with Crippen LogP contribution in [0.3, 0.4) is 0 Å². The van der Waals surface area contributed by atoms with Crippen LogP contribution in [0.5, 0.6) is 0 Å². The van der Waals surface area contributed by atoms with Gasteiger partial charge in [0, 0.05) is 6.54 Å². The smallest absolute Gasteiger partial charge is 0.230 e. The number of carbonyl (C=O) groups excluding carboxylic acids is 1. The van der Waals surface area contributed by atoms with Crippen LogP contribution in [0.15, 0.2) is 24.3 Å². The van der Waals surface area contributed by atoms with Crippen molar-refractivity contribution < 1.29 is 9.18 Å². The monoisotopic (exact) mass is 282 g/mol. The van der Waals surface area contributed by atoms with Gasteiger partial charge in [0.2, 0.25) is 5.91 Å². The first-order chi connectivity index (χ1) is 9.24. The summed E-state index contributed by atoms with van der Waals surface area (Å²) < 4.78 is 12.7. The molecule has 5 heteroatoms. The van der Waals surface area contributed by atoms with Gasteiger partial charge in [-0.2, -0.15) is 11.8 Å². The lowest BCUT2D eigenvalue weighted by Gasteiger charge is -2.26. The quantitative estimate of drug-likeness (QED) is 0.795. The maximum atomic E-state index is 12.7. The Balaban J connectivity index is 1.54. The zero-order chi connectivity index (χ0) is 13.5. The highest BCUT2D eigenvalue weighted by Gasteiger charge is 2.16. The molecule has 19 heavy (non-hydrogen) atoms. The van der Waals surface area contributed by atoms with Gasteiger partial charge in [-0.15, -0.1) is 0 Å². The molecule has 0 radical (unpaired) electrons. The third kappa shape index (κ3) is 5.20. The topological polar surface area (TPSA) is 41.1 Å². The predicted molar refractivity (Wildman–Crippen MR) is 76.8 cm³/mol. The van der Waals surface area contributed by atoms with Crippen molar-refractivity contribution in [3.8, 4) is 0 Å². The van der Waals surface area contributed by atoms with Gasteiger partial charge in [0.05, 0.1) is 5.75 Å². The first-order valence-corrected chi connectivity index (χ1v) is 7.69. The molecule has 0 aromatic heterocycles. The van der Waals surface area contributed by atoms with Gasteiger partial charge in [0.15, 0.2) is 0 Å². The van der Waals surface area contributed by atoms with Gasteiger partial charge in [-0.05, 0) is 48.9 Å². The molecule has 1 heterocycles. The summed E-state index contributed by atoms with van der Waals surface area (Å²) in [6.45, 7) is 2.77. The summed E-state index contributed by atoms with van der Waals surface area (Å²) in [6, 6.07) is 6.39. The minimum absolute atomic E-state index is 0.0828. The molecule has 1 aliphatic heterocycles. The maximum absolute atomic E-state index is 12.7. The lowest BCUT2D eigenvalue weighted by Crippen LogP contribution is -2.43. The van der Waals surface area contributed by atoms with Crippen molar-refractivity contribution in [1.82, 2.24) is 10.6 Å². The van der Waals surface area contributed by atoms with E-state index >= 15 is 0 Å². The fourth-order valence-electron chi connectivity index (χ4n) is 1.83. The Labute approximate surface area is 117 Å². The van der Waals surface area contributed by atoms with Crippen LogP contribution in [0.4, 0.5) is 4.39 Å². The highest BCUT2D eigenvalue weighted by Crippen LogP contribution is 2.11. The zero-order valence-corrected chi connectivity index (χ0v) is 11.6. The molecule has 1 aromatic carbocycles. The Morgan fingerprint density at radius 3 is 2.74 bits per heavy atom. The molecule has 1 saturated heterocycles. The summed E-state index contributed by atoms with van der Waals surface area (Å²) >= 11 is 1.69. The van der Waals surface area contributed by atoms with Crippen LogP contribution in [0, 0.1) is 11.7 Å². The van der Waals surface area contributed by atoms with Crippen LogP contribution in [0.25, 0.3) is 0 Å². The number of thioether (sulfide) groups is 1. The Morgan fingerprint density at radius 1 is 1.37 bits per heavy atom. The van der Waals surface area contributed by atoms with E-state index in [1.54, 1.807) is 23.9 Å². The predicted octanol–water partition coefficient (Wildman–Crippen LogP) is 1.44. The summed E-state index contributed by atoms with van der Waals surface area (Å²) in [7, 11) is 0. The molecule has 0 atom stereocenters. The largest absolute Gasteiger partial charge is 0.355 e. The van der Waals surface area contributed by atoms with Crippen molar-refractivity contribution in [2.45, 2.75) is 6.42 Å². The Kier molecular flexibility index (Phi) is 5.66. The minimum Gasteiger partial charge on any atom is -0.355 e. The fourth-order valence-corrected chi connectivity index (χ4v) is 2.81. The van der Waals surface area contributed by atoms with E-state index < -0.39 is 0 Å². The molecular formula is C14H19FN2OS. The number of hydrogen-bond acceptors (Lipinski definition) is 3. The van der Waals surface area contributed by atoms with E-state index in [1.165, 1.54) is 12.1 Å². The van der Waals surface area contributed by atoms with Gasteiger partial charge >= 0.3 is 0 Å². The van der Waals surface area contributed by atoms with E-state index in [0.717, 1.165) is 36.7 Å². The number of halogens is 1. The molecule has 0 saturated carbocycles. The average Bonchev–Trinajstić information content (AvgIpc) is 2.35. The summed E-state index contributed by atoms with van der Waals surface area (Å²) in [4.78, 5) is 11.6. The second-order valence-corrected chi connectivity index (χ2v) is 5.80. The second-order valence-electron chi connectivity index (χ2n) is 4.77. The number of benzene rings is 1. The second kappa shape index (κ2) is 7.50. The van der Waals surface area contributed by atoms with Crippen molar-refractivity contribution >= 4 is 17.7 Å². The molecule has 0 aliphatic carbocycles. The number of carbonyl (C=O) groups is 1. The molecule has 1 aromatic rings. The molecule has 104 valence electrons. The summed E-state index contributed by atoms with van der Waals surface area (Å²) in [5.74, 6) is 2.17. The molecule has 0 bridgehead atoms. The molecule has 3 nitrogen and oxygen atoms in total. The van der Waals surface area contributed by atoms with Crippen molar-refractivity contribution in [2.75, 3.05) is 31.1 Å². The van der Waals surface area contributed by atoms with Crippen LogP contribution in [0.2, 0.25) is 0 Å². The van der Waals surface area contributed by atoms with Crippen LogP contribution in [0.1, 0.15) is 5.56 Å². The van der Waals surface area contributed by atoms with E-state index in [9.17, 15) is 9.18 Å². The summed E-state index contributed by atoms with van der Waals surface area (Å²) in [5, 5.41) is 6.10. The van der Waals surface area contributed by atoms with Gasteiger partial charge < -0.3 is 10.6 Å². The van der Waals surface area contributed by atoms with Gasteiger partial charge in [-0.25, -0.2) is 4.39 Å². The molecule has 0 spiro atoms. The SMILES string of the molecule is O=C(CSCC1CNC1)NCCc1ccc(F)cc1. The number of hydrogen-bond donors (Lipinski definition) is 2. The molecule has 1 amide bonds. The van der Waals surface area contributed by atoms with E-state index in [-0.39, 0.29) is 11.7 Å². The lowest BCUT2D eigenvalue weighted by atomic mass is 10.1. The van der Waals surface area contributed by atoms with Gasteiger partial charge in [-0.1, -0.05) is 12.1 Å². The molecule has 2 N–H and O–H groups in total. The maximum Gasteiger partial charge on any atom is 0.230 e.